The van der Waals surface area contributed by atoms with Crippen LogP contribution in [0.5, 0.6) is 5.75 Å². The van der Waals surface area contributed by atoms with E-state index in [1.54, 1.807) is 27.7 Å². The van der Waals surface area contributed by atoms with E-state index in [4.69, 9.17) is 33.2 Å². The molecule has 0 bridgehead atoms. The fraction of sp³-hybridized carbons (Fsp3) is 0.744. The third-order valence-electron chi connectivity index (χ3n) is 13.8. The number of rotatable bonds is 7. The van der Waals surface area contributed by atoms with Crippen molar-refractivity contribution in [1.29, 1.82) is 0 Å². The summed E-state index contributed by atoms with van der Waals surface area (Å²) in [6.07, 6.45) is -13.9. The van der Waals surface area contributed by atoms with Crippen LogP contribution in [0.1, 0.15) is 125 Å². The van der Waals surface area contributed by atoms with Crippen LogP contribution in [0.3, 0.4) is 0 Å². The SMILES string of the molecule is C[C@@H]1O[C@@H](O[C@@H]2CC(c3ccc4c(c3O)C(=O)C3=C(C4=O)[C@@]4(O[C@H]5CC[C@H](O)[C@H](C)O5)C(=O)C[C@](C)(O)C[C@@]4(O)C[C@H]3O)O[C@H](C)[C@H]2O)CC[C@@H]1O[C@H]1C[C@@H](O)[C@H](O)[C@@H](C)O1. The van der Waals surface area contributed by atoms with E-state index >= 15 is 0 Å². The Morgan fingerprint density at radius 2 is 1.36 bits per heavy atom. The molecule has 18 nitrogen and oxygen atoms in total. The summed E-state index contributed by atoms with van der Waals surface area (Å²) >= 11 is 0. The van der Waals surface area contributed by atoms with Gasteiger partial charge in [0.05, 0.1) is 77.8 Å². The van der Waals surface area contributed by atoms with E-state index in [2.05, 4.69) is 0 Å². The molecule has 18 heteroatoms. The third-order valence-corrected chi connectivity index (χ3v) is 13.8. The van der Waals surface area contributed by atoms with E-state index in [0.29, 0.717) is 12.8 Å². The van der Waals surface area contributed by atoms with Crippen molar-refractivity contribution in [3.05, 3.63) is 40.0 Å². The maximum Gasteiger partial charge on any atom is 0.196 e. The summed E-state index contributed by atoms with van der Waals surface area (Å²) in [7, 11) is 0. The van der Waals surface area contributed by atoms with Crippen LogP contribution in [0.25, 0.3) is 0 Å². The molecule has 61 heavy (non-hydrogen) atoms. The number of phenols is 1. The molecule has 8 N–H and O–H groups in total. The fourth-order valence-electron chi connectivity index (χ4n) is 10.6. The molecule has 0 amide bonds. The van der Waals surface area contributed by atoms with Crippen molar-refractivity contribution in [1.82, 2.24) is 0 Å². The average Bonchev–Trinajstić information content (AvgIpc) is 3.17. The molecule has 3 aliphatic carbocycles. The number of ketones is 3. The first-order chi connectivity index (χ1) is 28.6. The number of aromatic hydroxyl groups is 1. The van der Waals surface area contributed by atoms with Gasteiger partial charge in [-0.05, 0) is 53.5 Å². The summed E-state index contributed by atoms with van der Waals surface area (Å²) in [6.45, 7) is 8.00. The number of ether oxygens (including phenoxy) is 7. The van der Waals surface area contributed by atoms with Gasteiger partial charge in [-0.15, -0.1) is 0 Å². The highest BCUT2D eigenvalue weighted by Crippen LogP contribution is 2.57. The number of benzene rings is 1. The molecule has 5 fully saturated rings. The van der Waals surface area contributed by atoms with E-state index in [1.807, 2.05) is 0 Å². The topological polar surface area (TPSA) is 278 Å². The number of aliphatic hydroxyl groups is 7. The molecule has 7 aliphatic rings. The molecular weight excluding hydrogens is 804 g/mol. The number of Topliss-reactive ketones (excluding diaryl/α,β-unsaturated/α-hetero) is 3. The Morgan fingerprint density at radius 3 is 2.05 bits per heavy atom. The second kappa shape index (κ2) is 16.3. The van der Waals surface area contributed by atoms with Crippen molar-refractivity contribution in [2.75, 3.05) is 0 Å². The zero-order valence-corrected chi connectivity index (χ0v) is 34.8. The minimum atomic E-state index is -2.56. The van der Waals surface area contributed by atoms with Gasteiger partial charge in [0.25, 0.3) is 0 Å². The molecule has 4 saturated heterocycles. The molecule has 1 aromatic carbocycles. The molecule has 1 saturated carbocycles. The lowest BCUT2D eigenvalue weighted by atomic mass is 9.54. The van der Waals surface area contributed by atoms with Gasteiger partial charge in [-0.3, -0.25) is 14.4 Å². The van der Waals surface area contributed by atoms with Crippen LogP contribution in [0, 0.1) is 0 Å². The number of fused-ring (bicyclic) bond motifs is 3. The maximum absolute atomic E-state index is 14.8. The number of hydrogen-bond acceptors (Lipinski definition) is 18. The maximum atomic E-state index is 14.8. The van der Waals surface area contributed by atoms with Crippen LogP contribution in [-0.2, 0) is 38.0 Å². The van der Waals surface area contributed by atoms with Crippen molar-refractivity contribution in [2.45, 2.75) is 201 Å². The second-order valence-corrected chi connectivity index (χ2v) is 18.4. The molecule has 4 heterocycles. The van der Waals surface area contributed by atoms with Crippen molar-refractivity contribution in [2.24, 2.45) is 0 Å². The molecule has 18 atom stereocenters. The smallest absolute Gasteiger partial charge is 0.196 e. The lowest BCUT2D eigenvalue weighted by Crippen LogP contribution is -2.73. The van der Waals surface area contributed by atoms with Crippen molar-refractivity contribution < 1.29 is 88.4 Å². The minimum Gasteiger partial charge on any atom is -0.507 e. The van der Waals surface area contributed by atoms with Crippen molar-refractivity contribution in [3.63, 3.8) is 0 Å². The summed E-state index contributed by atoms with van der Waals surface area (Å²) < 4.78 is 42.6. The minimum absolute atomic E-state index is 0.00826. The predicted octanol–water partition coefficient (Wildman–Crippen LogP) is 0.682. The lowest BCUT2D eigenvalue weighted by Gasteiger charge is -2.57. The van der Waals surface area contributed by atoms with Crippen LogP contribution in [0.4, 0.5) is 0 Å². The number of carbonyl (C=O) groups is 3. The van der Waals surface area contributed by atoms with Crippen LogP contribution >= 0.6 is 0 Å². The molecule has 0 radical (unpaired) electrons. The second-order valence-electron chi connectivity index (χ2n) is 18.4. The van der Waals surface area contributed by atoms with Crippen LogP contribution in [0.2, 0.25) is 0 Å². The number of aliphatic hydroxyl groups excluding tert-OH is 5. The van der Waals surface area contributed by atoms with Gasteiger partial charge >= 0.3 is 0 Å². The lowest BCUT2D eigenvalue weighted by molar-refractivity contribution is -0.306. The monoisotopic (exact) mass is 862 g/mol. The Labute approximate surface area is 352 Å². The van der Waals surface area contributed by atoms with Gasteiger partial charge in [0.2, 0.25) is 0 Å². The fourth-order valence-corrected chi connectivity index (χ4v) is 10.6. The number of carbonyl (C=O) groups excluding carboxylic acids is 3. The van der Waals surface area contributed by atoms with E-state index in [0.717, 1.165) is 0 Å². The standard InChI is InChI=1S/C43H58O18/c1-17-23(44)8-10-31(56-17)61-43-29(47)15-41(5,53)16-42(43,54)14-25(46)34-35(43)39(51)22-7-6-21(38(50)33(22)40(34)52)27-13-28(37(49)20(4)55-27)60-30-11-9-26(18(2)57-30)59-32-12-24(45)36(48)19(3)58-32/h6-7,17-20,23-28,30-32,36-37,44-46,48-50,53-54H,8-16H2,1-5H3/t17-,18-,19+,20+,23-,24+,25+,26-,27?,28+,30-,31-,32-,36+,37+,41-,42-,43-/m0/s1. The molecular formula is C43H58O18. The van der Waals surface area contributed by atoms with Crippen LogP contribution in [-0.4, -0.2) is 161 Å². The quantitative estimate of drug-likeness (QED) is 0.187. The van der Waals surface area contributed by atoms with E-state index in [9.17, 15) is 55.2 Å². The van der Waals surface area contributed by atoms with Gasteiger partial charge in [0.15, 0.2) is 41.8 Å². The molecule has 338 valence electrons. The van der Waals surface area contributed by atoms with Gasteiger partial charge in [-0.25, -0.2) is 0 Å². The number of hydrogen-bond donors (Lipinski definition) is 8. The Balaban J connectivity index is 1.04. The first-order valence-corrected chi connectivity index (χ1v) is 21.3. The first kappa shape index (κ1) is 44.8. The third kappa shape index (κ3) is 7.73. The summed E-state index contributed by atoms with van der Waals surface area (Å²) in [5, 5.41) is 88.6. The Kier molecular flexibility index (Phi) is 12.0. The molecule has 0 aromatic heterocycles. The molecule has 8 rings (SSSR count). The van der Waals surface area contributed by atoms with Crippen molar-refractivity contribution in [3.8, 4) is 5.75 Å². The van der Waals surface area contributed by atoms with Gasteiger partial charge in [0, 0.05) is 61.6 Å². The van der Waals surface area contributed by atoms with Gasteiger partial charge < -0.3 is 74.0 Å². The van der Waals surface area contributed by atoms with Crippen molar-refractivity contribution >= 4 is 17.3 Å². The van der Waals surface area contributed by atoms with Crippen LogP contribution in [0.15, 0.2) is 23.3 Å². The average molecular weight is 863 g/mol. The Bertz CT molecular complexity index is 1920. The molecule has 1 unspecified atom stereocenters. The summed E-state index contributed by atoms with van der Waals surface area (Å²) in [6, 6.07) is 2.68. The highest BCUT2D eigenvalue weighted by atomic mass is 16.7. The molecule has 4 aliphatic heterocycles. The summed E-state index contributed by atoms with van der Waals surface area (Å²) in [4.78, 5) is 43.7. The van der Waals surface area contributed by atoms with Gasteiger partial charge in [-0.2, -0.15) is 0 Å². The number of phenolic OH excluding ortho intramolecular Hbond substituents is 1. The zero-order valence-electron chi connectivity index (χ0n) is 34.8. The zero-order chi connectivity index (χ0) is 44.1. The predicted molar refractivity (Wildman–Crippen MR) is 206 cm³/mol. The van der Waals surface area contributed by atoms with E-state index in [1.165, 1.54) is 19.1 Å². The Morgan fingerprint density at radius 1 is 0.705 bits per heavy atom. The first-order valence-electron chi connectivity index (χ1n) is 21.3. The summed E-state index contributed by atoms with van der Waals surface area (Å²) in [5.41, 5.74) is -8.50. The van der Waals surface area contributed by atoms with Gasteiger partial charge in [0.1, 0.15) is 23.6 Å². The summed E-state index contributed by atoms with van der Waals surface area (Å²) in [5.74, 6) is -3.45. The molecule has 1 aromatic rings. The van der Waals surface area contributed by atoms with E-state index in [-0.39, 0.29) is 36.8 Å². The Hall–Kier alpha value is -2.79. The highest BCUT2D eigenvalue weighted by molar-refractivity contribution is 6.31. The van der Waals surface area contributed by atoms with Gasteiger partial charge in [-0.1, -0.05) is 6.07 Å². The highest BCUT2D eigenvalue weighted by Gasteiger charge is 2.71. The molecule has 0 spiro atoms. The largest absolute Gasteiger partial charge is 0.507 e. The van der Waals surface area contributed by atoms with E-state index < -0.39 is 168 Å². The normalized spacial score (nSPS) is 46.8. The van der Waals surface area contributed by atoms with Crippen LogP contribution < -0.4 is 0 Å².